The Bertz CT molecular complexity index is 576. The topological polar surface area (TPSA) is 75.2 Å². The molecule has 2 aromatic rings. The van der Waals surface area contributed by atoms with Crippen molar-refractivity contribution < 1.29 is 14.6 Å². The number of aromatic hydroxyl groups is 1. The van der Waals surface area contributed by atoms with Gasteiger partial charge in [0.25, 0.3) is 0 Å². The molecular weight excluding hydrogens is 256 g/mol. The predicted molar refractivity (Wildman–Crippen MR) is 77.7 cm³/mol. The second kappa shape index (κ2) is 7.33. The highest BCUT2D eigenvalue weighted by Gasteiger charge is 2.13. The molecule has 0 aliphatic carbocycles. The number of carbonyl (C=O) groups is 1. The van der Waals surface area contributed by atoms with Crippen LogP contribution < -0.4 is 0 Å². The molecule has 5 heteroatoms. The number of benzene rings is 1. The van der Waals surface area contributed by atoms with Gasteiger partial charge in [-0.3, -0.25) is 0 Å². The largest absolute Gasteiger partial charge is 0.507 e. The van der Waals surface area contributed by atoms with E-state index in [1.54, 1.807) is 19.1 Å². The average Bonchev–Trinajstić information content (AvgIpc) is 2.91. The Morgan fingerprint density at radius 3 is 2.70 bits per heavy atom. The zero-order valence-electron chi connectivity index (χ0n) is 12.2. The van der Waals surface area contributed by atoms with E-state index in [1.807, 2.05) is 26.8 Å². The molecule has 0 saturated heterocycles. The van der Waals surface area contributed by atoms with Crippen LogP contribution in [0, 0.1) is 6.92 Å². The first-order valence-corrected chi connectivity index (χ1v) is 6.64. The summed E-state index contributed by atoms with van der Waals surface area (Å²) in [5.74, 6) is 0.109. The van der Waals surface area contributed by atoms with E-state index in [1.165, 1.54) is 6.20 Å². The Morgan fingerprint density at radius 2 is 2.10 bits per heavy atom. The number of aryl methyl sites for hydroxylation is 1. The molecular formula is C15H20N2O3. The molecule has 2 rings (SSSR count). The van der Waals surface area contributed by atoms with Gasteiger partial charge >= 0.3 is 5.97 Å². The minimum atomic E-state index is -0.456. The quantitative estimate of drug-likeness (QED) is 0.843. The number of imidazole rings is 1. The van der Waals surface area contributed by atoms with Gasteiger partial charge in [-0.1, -0.05) is 19.9 Å². The lowest BCUT2D eigenvalue weighted by Crippen LogP contribution is -2.04. The third-order valence-corrected chi connectivity index (χ3v) is 2.48. The van der Waals surface area contributed by atoms with Crippen LogP contribution in [-0.2, 0) is 4.74 Å². The van der Waals surface area contributed by atoms with Crippen LogP contribution in [0.25, 0.3) is 11.4 Å². The Hall–Kier alpha value is -2.30. The fraction of sp³-hybridized carbons (Fsp3) is 0.333. The van der Waals surface area contributed by atoms with Crippen molar-refractivity contribution >= 4 is 5.97 Å². The van der Waals surface area contributed by atoms with Crippen LogP contribution in [0.5, 0.6) is 5.75 Å². The maximum Gasteiger partial charge on any atom is 0.356 e. The van der Waals surface area contributed by atoms with Crippen molar-refractivity contribution in [3.05, 3.63) is 35.7 Å². The molecule has 1 heterocycles. The van der Waals surface area contributed by atoms with Crippen molar-refractivity contribution in [1.29, 1.82) is 0 Å². The SMILES string of the molecule is CC.CCOC(=O)c1cnc(-c2ccc(C)cc2O)[nH]1. The summed E-state index contributed by atoms with van der Waals surface area (Å²) in [6, 6.07) is 5.25. The van der Waals surface area contributed by atoms with Gasteiger partial charge in [0.2, 0.25) is 0 Å². The molecule has 0 spiro atoms. The first-order chi connectivity index (χ1) is 9.61. The summed E-state index contributed by atoms with van der Waals surface area (Å²) in [6.45, 7) is 7.93. The molecule has 20 heavy (non-hydrogen) atoms. The number of ether oxygens (including phenoxy) is 1. The molecule has 5 nitrogen and oxygen atoms in total. The number of phenols is 1. The van der Waals surface area contributed by atoms with Crippen molar-refractivity contribution in [2.75, 3.05) is 6.61 Å². The van der Waals surface area contributed by atoms with Crippen molar-refractivity contribution in [3.8, 4) is 17.1 Å². The number of hydrogen-bond acceptors (Lipinski definition) is 4. The van der Waals surface area contributed by atoms with E-state index in [9.17, 15) is 9.90 Å². The molecule has 0 aliphatic heterocycles. The molecule has 108 valence electrons. The van der Waals surface area contributed by atoms with Crippen LogP contribution in [0.15, 0.2) is 24.4 Å². The molecule has 1 aromatic carbocycles. The van der Waals surface area contributed by atoms with E-state index in [0.717, 1.165) is 5.56 Å². The summed E-state index contributed by atoms with van der Waals surface area (Å²) >= 11 is 0. The van der Waals surface area contributed by atoms with Crippen molar-refractivity contribution in [2.24, 2.45) is 0 Å². The Labute approximate surface area is 118 Å². The zero-order chi connectivity index (χ0) is 15.1. The van der Waals surface area contributed by atoms with E-state index in [2.05, 4.69) is 9.97 Å². The summed E-state index contributed by atoms with van der Waals surface area (Å²) in [7, 11) is 0. The van der Waals surface area contributed by atoms with Gasteiger partial charge < -0.3 is 14.8 Å². The van der Waals surface area contributed by atoms with Crippen LogP contribution >= 0.6 is 0 Å². The van der Waals surface area contributed by atoms with Crippen LogP contribution in [0.4, 0.5) is 0 Å². The first kappa shape index (κ1) is 15.8. The Balaban J connectivity index is 0.000000956. The highest BCUT2D eigenvalue weighted by Crippen LogP contribution is 2.27. The fourth-order valence-electron chi connectivity index (χ4n) is 1.61. The van der Waals surface area contributed by atoms with Crippen molar-refractivity contribution in [3.63, 3.8) is 0 Å². The van der Waals surface area contributed by atoms with Gasteiger partial charge in [-0.25, -0.2) is 9.78 Å². The lowest BCUT2D eigenvalue weighted by molar-refractivity contribution is 0.0520. The molecule has 1 aromatic heterocycles. The molecule has 0 saturated carbocycles. The minimum absolute atomic E-state index is 0.125. The standard InChI is InChI=1S/C13H14N2O3.C2H6/c1-3-18-13(17)10-7-14-12(15-10)9-5-4-8(2)6-11(9)16;1-2/h4-7,16H,3H2,1-2H3,(H,14,15);1-2H3. The summed E-state index contributed by atoms with van der Waals surface area (Å²) in [6.07, 6.45) is 1.40. The first-order valence-electron chi connectivity index (χ1n) is 6.64. The third kappa shape index (κ3) is 3.60. The van der Waals surface area contributed by atoms with E-state index >= 15 is 0 Å². The van der Waals surface area contributed by atoms with Crippen LogP contribution in [0.1, 0.15) is 36.8 Å². The molecule has 0 fully saturated rings. The number of nitrogens with zero attached hydrogens (tertiary/aromatic N) is 1. The van der Waals surface area contributed by atoms with Crippen molar-refractivity contribution in [2.45, 2.75) is 27.7 Å². The lowest BCUT2D eigenvalue weighted by atomic mass is 10.1. The number of nitrogens with one attached hydrogen (secondary N) is 1. The number of hydrogen-bond donors (Lipinski definition) is 2. The van der Waals surface area contributed by atoms with Gasteiger partial charge in [-0.15, -0.1) is 0 Å². The van der Waals surface area contributed by atoms with Gasteiger partial charge in [-0.05, 0) is 31.5 Å². The molecule has 0 radical (unpaired) electrons. The highest BCUT2D eigenvalue weighted by atomic mass is 16.5. The van der Waals surface area contributed by atoms with E-state index in [-0.39, 0.29) is 11.4 Å². The van der Waals surface area contributed by atoms with Gasteiger partial charge in [0, 0.05) is 0 Å². The fourth-order valence-corrected chi connectivity index (χ4v) is 1.61. The summed E-state index contributed by atoms with van der Waals surface area (Å²) in [5.41, 5.74) is 1.77. The summed E-state index contributed by atoms with van der Waals surface area (Å²) < 4.78 is 4.85. The number of esters is 1. The van der Waals surface area contributed by atoms with E-state index < -0.39 is 5.97 Å². The number of rotatable bonds is 3. The normalized spacial score (nSPS) is 9.60. The third-order valence-electron chi connectivity index (χ3n) is 2.48. The molecule has 0 atom stereocenters. The number of H-pyrrole nitrogens is 1. The number of carbonyl (C=O) groups excluding carboxylic acids is 1. The maximum atomic E-state index is 11.5. The molecule has 0 bridgehead atoms. The smallest absolute Gasteiger partial charge is 0.356 e. The molecule has 2 N–H and O–H groups in total. The van der Waals surface area contributed by atoms with E-state index in [4.69, 9.17) is 4.74 Å². The molecule has 0 aliphatic rings. The van der Waals surface area contributed by atoms with Crippen LogP contribution in [0.2, 0.25) is 0 Å². The summed E-state index contributed by atoms with van der Waals surface area (Å²) in [5, 5.41) is 9.82. The monoisotopic (exact) mass is 276 g/mol. The van der Waals surface area contributed by atoms with E-state index in [0.29, 0.717) is 18.0 Å². The highest BCUT2D eigenvalue weighted by molar-refractivity contribution is 5.88. The van der Waals surface area contributed by atoms with Gasteiger partial charge in [-0.2, -0.15) is 0 Å². The second-order valence-electron chi connectivity index (χ2n) is 3.89. The van der Waals surface area contributed by atoms with Gasteiger partial charge in [0.15, 0.2) is 0 Å². The van der Waals surface area contributed by atoms with Gasteiger partial charge in [0.1, 0.15) is 17.3 Å². The number of aromatic nitrogens is 2. The Kier molecular flexibility index (Phi) is 5.77. The van der Waals surface area contributed by atoms with Crippen LogP contribution in [0.3, 0.4) is 0 Å². The van der Waals surface area contributed by atoms with Gasteiger partial charge in [0.05, 0.1) is 18.4 Å². The second-order valence-corrected chi connectivity index (χ2v) is 3.89. The maximum absolute atomic E-state index is 11.5. The lowest BCUT2D eigenvalue weighted by Gasteiger charge is -2.02. The zero-order valence-corrected chi connectivity index (χ0v) is 12.2. The van der Waals surface area contributed by atoms with Crippen LogP contribution in [-0.4, -0.2) is 27.7 Å². The number of aromatic amines is 1. The molecule has 0 amide bonds. The number of phenolic OH excluding ortho intramolecular Hbond substituents is 1. The Morgan fingerprint density at radius 1 is 1.40 bits per heavy atom. The van der Waals surface area contributed by atoms with Crippen molar-refractivity contribution in [1.82, 2.24) is 9.97 Å². The minimum Gasteiger partial charge on any atom is -0.507 e. The molecule has 0 unspecified atom stereocenters. The predicted octanol–water partition coefficient (Wildman–Crippen LogP) is 3.29. The summed E-state index contributed by atoms with van der Waals surface area (Å²) in [4.78, 5) is 18.4. The average molecular weight is 276 g/mol.